The van der Waals surface area contributed by atoms with Crippen molar-refractivity contribution in [3.05, 3.63) is 16.8 Å². The second-order valence-corrected chi connectivity index (χ2v) is 7.14. The van der Waals surface area contributed by atoms with E-state index >= 15 is 0 Å². The minimum absolute atomic E-state index is 0.186. The topological polar surface area (TPSA) is 95.0 Å². The number of nitrogens with one attached hydrogen (secondary N) is 3. The molecule has 4 rings (SSSR count). The van der Waals surface area contributed by atoms with Gasteiger partial charge in [-0.3, -0.25) is 0 Å². The van der Waals surface area contributed by atoms with Gasteiger partial charge in [-0.15, -0.1) is 0 Å². The van der Waals surface area contributed by atoms with Crippen LogP contribution in [0.5, 0.6) is 0 Å². The van der Waals surface area contributed by atoms with E-state index in [1.165, 1.54) is 5.56 Å². The lowest BCUT2D eigenvalue weighted by Crippen LogP contribution is -2.40. The van der Waals surface area contributed by atoms with Crippen molar-refractivity contribution in [2.75, 3.05) is 23.7 Å². The van der Waals surface area contributed by atoms with Crippen molar-refractivity contribution in [3.63, 3.8) is 0 Å². The summed E-state index contributed by atoms with van der Waals surface area (Å²) in [5, 5.41) is 18.3. The van der Waals surface area contributed by atoms with Crippen molar-refractivity contribution in [1.82, 2.24) is 20.3 Å². The molecule has 0 bridgehead atoms. The Morgan fingerprint density at radius 2 is 1.96 bits per heavy atom. The second kappa shape index (κ2) is 6.42. The summed E-state index contributed by atoms with van der Waals surface area (Å²) < 4.78 is 0. The number of pyridine rings is 1. The van der Waals surface area contributed by atoms with Crippen molar-refractivity contribution in [2.24, 2.45) is 0 Å². The SMILES string of the molecule is [B]C([B])([B])Nc1nc(NC2CNCC2O)nc2nc3c(c(C)c12)CCC3. The van der Waals surface area contributed by atoms with Crippen molar-refractivity contribution < 1.29 is 5.11 Å². The van der Waals surface area contributed by atoms with Crippen LogP contribution in [-0.4, -0.2) is 74.1 Å². The lowest BCUT2D eigenvalue weighted by Gasteiger charge is -2.25. The van der Waals surface area contributed by atoms with Gasteiger partial charge in [0.15, 0.2) is 5.65 Å². The average Bonchev–Trinajstić information content (AvgIpc) is 3.15. The Bertz CT molecular complexity index is 856. The van der Waals surface area contributed by atoms with Crippen LogP contribution < -0.4 is 16.0 Å². The molecule has 0 saturated carbocycles. The molecule has 6 radical (unpaired) electrons. The fraction of sp³-hybridized carbons (Fsp3) is 0.562. The molecule has 1 aliphatic carbocycles. The molecule has 1 fully saturated rings. The van der Waals surface area contributed by atoms with Gasteiger partial charge in [0.25, 0.3) is 0 Å². The summed E-state index contributed by atoms with van der Waals surface area (Å²) in [4.78, 5) is 13.8. The molecular formula is C16H19B3N6O. The number of β-amino-alcohol motifs (C(OH)–C–C–N with tert-alkyl or cyclic N) is 1. The summed E-state index contributed by atoms with van der Waals surface area (Å²) in [6.45, 7) is 3.18. The highest BCUT2D eigenvalue weighted by atomic mass is 16.3. The first-order chi connectivity index (χ1) is 12.3. The molecule has 2 aliphatic rings. The monoisotopic (exact) mass is 344 g/mol. The molecule has 3 heterocycles. The highest BCUT2D eigenvalue weighted by molar-refractivity contribution is 6.60. The molecule has 26 heavy (non-hydrogen) atoms. The summed E-state index contributed by atoms with van der Waals surface area (Å²) in [5.74, 6) is 0.784. The van der Waals surface area contributed by atoms with Crippen LogP contribution in [0.3, 0.4) is 0 Å². The van der Waals surface area contributed by atoms with Gasteiger partial charge in [0.05, 0.1) is 41.1 Å². The van der Waals surface area contributed by atoms with Gasteiger partial charge in [0.1, 0.15) is 5.82 Å². The quantitative estimate of drug-likeness (QED) is 0.534. The smallest absolute Gasteiger partial charge is 0.227 e. The van der Waals surface area contributed by atoms with Crippen molar-refractivity contribution in [2.45, 2.75) is 43.6 Å². The van der Waals surface area contributed by atoms with E-state index in [0.717, 1.165) is 35.9 Å². The Morgan fingerprint density at radius 1 is 1.15 bits per heavy atom. The van der Waals surface area contributed by atoms with Crippen LogP contribution >= 0.6 is 0 Å². The third-order valence-corrected chi connectivity index (χ3v) is 4.98. The first-order valence-electron chi connectivity index (χ1n) is 8.82. The molecule has 2 aromatic heterocycles. The Labute approximate surface area is 156 Å². The van der Waals surface area contributed by atoms with Crippen molar-refractivity contribution in [3.8, 4) is 0 Å². The normalized spacial score (nSPS) is 22.5. The largest absolute Gasteiger partial charge is 0.390 e. The van der Waals surface area contributed by atoms with Crippen LogP contribution in [0, 0.1) is 6.92 Å². The first kappa shape index (κ1) is 17.6. The molecule has 2 unspecified atom stereocenters. The Hall–Kier alpha value is -1.80. The van der Waals surface area contributed by atoms with E-state index < -0.39 is 11.3 Å². The molecule has 1 saturated heterocycles. The molecule has 7 nitrogen and oxygen atoms in total. The number of hydrogen-bond donors (Lipinski definition) is 4. The fourth-order valence-electron chi connectivity index (χ4n) is 3.75. The van der Waals surface area contributed by atoms with Gasteiger partial charge in [0.2, 0.25) is 5.95 Å². The summed E-state index contributed by atoms with van der Waals surface area (Å²) in [5.41, 5.74) is 3.95. The van der Waals surface area contributed by atoms with Gasteiger partial charge in [-0.1, -0.05) is 5.24 Å². The van der Waals surface area contributed by atoms with Crippen LogP contribution in [0.1, 0.15) is 23.2 Å². The number of hydrogen-bond acceptors (Lipinski definition) is 7. The standard InChI is InChI=1S/C16H19B3N6O/c1-7-8-3-2-4-9(8)21-13-12(7)14(25-16(17,18)19)24-15(23-13)22-10-5-20-6-11(10)26/h10-11,20,26H,2-6H2,1H3,(H2,21,22,23,24,25). The van der Waals surface area contributed by atoms with E-state index in [9.17, 15) is 5.11 Å². The van der Waals surface area contributed by atoms with Crippen LogP contribution in [0.15, 0.2) is 0 Å². The maximum absolute atomic E-state index is 10.0. The minimum Gasteiger partial charge on any atom is -0.390 e. The Balaban J connectivity index is 1.83. The number of aliphatic hydroxyl groups is 1. The maximum atomic E-state index is 10.0. The number of aliphatic hydroxyl groups excluding tert-OH is 1. The lowest BCUT2D eigenvalue weighted by atomic mass is 9.49. The molecule has 0 spiro atoms. The third kappa shape index (κ3) is 3.28. The van der Waals surface area contributed by atoms with Gasteiger partial charge in [-0.25, -0.2) is 4.98 Å². The summed E-state index contributed by atoms with van der Waals surface area (Å²) in [6, 6.07) is -0.186. The zero-order valence-electron chi connectivity index (χ0n) is 14.7. The number of aryl methyl sites for hydroxylation is 2. The molecule has 2 aromatic rings. The zero-order valence-corrected chi connectivity index (χ0v) is 14.7. The van der Waals surface area contributed by atoms with Crippen molar-refractivity contribution >= 4 is 46.3 Å². The van der Waals surface area contributed by atoms with Gasteiger partial charge in [0, 0.05) is 18.8 Å². The number of rotatable bonds is 4. The van der Waals surface area contributed by atoms with Gasteiger partial charge < -0.3 is 21.1 Å². The number of fused-ring (bicyclic) bond motifs is 2. The second-order valence-electron chi connectivity index (χ2n) is 7.14. The predicted octanol–water partition coefficient (Wildman–Crippen LogP) is -0.905. The highest BCUT2D eigenvalue weighted by Gasteiger charge is 2.27. The summed E-state index contributed by atoms with van der Waals surface area (Å²) in [6.07, 6.45) is 2.50. The molecular weight excluding hydrogens is 325 g/mol. The van der Waals surface area contributed by atoms with Crippen molar-refractivity contribution in [1.29, 1.82) is 0 Å². The van der Waals surface area contributed by atoms with Crippen LogP contribution in [0.25, 0.3) is 11.0 Å². The number of nitrogens with zero attached hydrogens (tertiary/aromatic N) is 3. The number of aromatic nitrogens is 3. The molecule has 0 aromatic carbocycles. The van der Waals surface area contributed by atoms with Gasteiger partial charge in [-0.05, 0) is 37.3 Å². The number of anilines is 2. The highest BCUT2D eigenvalue weighted by Crippen LogP contribution is 2.33. The molecule has 128 valence electrons. The van der Waals surface area contributed by atoms with E-state index in [2.05, 4.69) is 25.9 Å². The molecule has 10 heteroatoms. The minimum atomic E-state index is -1.63. The summed E-state index contributed by atoms with van der Waals surface area (Å²) >= 11 is 0. The molecule has 0 amide bonds. The Morgan fingerprint density at radius 3 is 2.65 bits per heavy atom. The van der Waals surface area contributed by atoms with Crippen LogP contribution in [0.4, 0.5) is 11.8 Å². The van der Waals surface area contributed by atoms with E-state index in [1.54, 1.807) is 0 Å². The lowest BCUT2D eigenvalue weighted by molar-refractivity contribution is 0.185. The van der Waals surface area contributed by atoms with Gasteiger partial charge in [-0.2, -0.15) is 9.97 Å². The summed E-state index contributed by atoms with van der Waals surface area (Å²) in [7, 11) is 17.3. The average molecular weight is 344 g/mol. The van der Waals surface area contributed by atoms with E-state index in [4.69, 9.17) is 28.5 Å². The third-order valence-electron chi connectivity index (χ3n) is 4.98. The van der Waals surface area contributed by atoms with E-state index in [1.807, 2.05) is 6.92 Å². The molecule has 4 N–H and O–H groups in total. The predicted molar refractivity (Wildman–Crippen MR) is 104 cm³/mol. The molecule has 1 aliphatic heterocycles. The van der Waals surface area contributed by atoms with Gasteiger partial charge >= 0.3 is 0 Å². The maximum Gasteiger partial charge on any atom is 0.227 e. The first-order valence-corrected chi connectivity index (χ1v) is 8.82. The van der Waals surface area contributed by atoms with E-state index in [-0.39, 0.29) is 6.04 Å². The van der Waals surface area contributed by atoms with Crippen LogP contribution in [0.2, 0.25) is 0 Å². The zero-order chi connectivity index (χ0) is 18.5. The Kier molecular flexibility index (Phi) is 4.35. The van der Waals surface area contributed by atoms with Crippen LogP contribution in [-0.2, 0) is 12.8 Å². The van der Waals surface area contributed by atoms with E-state index in [0.29, 0.717) is 30.5 Å². The fourth-order valence-corrected chi connectivity index (χ4v) is 3.75. The molecule has 2 atom stereocenters.